The number of rotatable bonds is 3. The summed E-state index contributed by atoms with van der Waals surface area (Å²) >= 11 is 12.0. The number of carbonyl (C=O) groups excluding carboxylic acids is 2. The second-order valence-electron chi connectivity index (χ2n) is 5.07. The summed E-state index contributed by atoms with van der Waals surface area (Å²) in [5.74, 6) is -0.452. The largest absolute Gasteiger partial charge is 0.450 e. The normalized spacial score (nSPS) is 18.0. The molecule has 5 nitrogen and oxygen atoms in total. The number of anilines is 1. The first-order chi connectivity index (χ1) is 10.5. The molecule has 0 unspecified atom stereocenters. The standard InChI is InChI=1S/C15H18Cl2N2O3/c1-2-22-15(21)19-8-4-5-10(9-19)14(20)18-12-7-3-6-11(16)13(12)17/h3,6-7,10H,2,4-5,8-9H2,1H3,(H,18,20)/t10-/m0/s1. The van der Waals surface area contributed by atoms with Crippen LogP contribution in [0.5, 0.6) is 0 Å². The lowest BCUT2D eigenvalue weighted by molar-refractivity contribution is -0.121. The van der Waals surface area contributed by atoms with Crippen LogP contribution in [0.2, 0.25) is 10.0 Å². The number of hydrogen-bond acceptors (Lipinski definition) is 3. The second-order valence-corrected chi connectivity index (χ2v) is 5.86. The molecular formula is C15H18Cl2N2O3. The van der Waals surface area contributed by atoms with Gasteiger partial charge in [-0.1, -0.05) is 29.3 Å². The fourth-order valence-electron chi connectivity index (χ4n) is 2.41. The lowest BCUT2D eigenvalue weighted by Crippen LogP contribution is -2.44. The predicted molar refractivity (Wildman–Crippen MR) is 86.4 cm³/mol. The van der Waals surface area contributed by atoms with Gasteiger partial charge in [-0.2, -0.15) is 0 Å². The lowest BCUT2D eigenvalue weighted by atomic mass is 9.97. The number of nitrogens with zero attached hydrogens (tertiary/aromatic N) is 1. The van der Waals surface area contributed by atoms with E-state index in [-0.39, 0.29) is 17.9 Å². The summed E-state index contributed by atoms with van der Waals surface area (Å²) in [4.78, 5) is 25.7. The molecule has 1 aromatic rings. The first-order valence-electron chi connectivity index (χ1n) is 7.19. The average molecular weight is 345 g/mol. The molecule has 0 aromatic heterocycles. The topological polar surface area (TPSA) is 58.6 Å². The van der Waals surface area contributed by atoms with Crippen LogP contribution in [0.4, 0.5) is 10.5 Å². The summed E-state index contributed by atoms with van der Waals surface area (Å²) in [6.45, 7) is 3.04. The summed E-state index contributed by atoms with van der Waals surface area (Å²) in [5, 5.41) is 3.48. The van der Waals surface area contributed by atoms with Crippen molar-refractivity contribution in [2.24, 2.45) is 5.92 Å². The van der Waals surface area contributed by atoms with E-state index in [1.807, 2.05) is 0 Å². The molecule has 1 heterocycles. The first kappa shape index (κ1) is 16.9. The molecule has 1 saturated heterocycles. The number of ether oxygens (including phenoxy) is 1. The monoisotopic (exact) mass is 344 g/mol. The molecule has 1 fully saturated rings. The SMILES string of the molecule is CCOC(=O)N1CCC[C@H](C(=O)Nc2cccc(Cl)c2Cl)C1. The van der Waals surface area contributed by atoms with Gasteiger partial charge in [0.25, 0.3) is 0 Å². The summed E-state index contributed by atoms with van der Waals surface area (Å²) in [7, 11) is 0. The zero-order valence-electron chi connectivity index (χ0n) is 12.3. The number of carbonyl (C=O) groups is 2. The van der Waals surface area contributed by atoms with Crippen molar-refractivity contribution >= 4 is 40.9 Å². The van der Waals surface area contributed by atoms with E-state index in [4.69, 9.17) is 27.9 Å². The van der Waals surface area contributed by atoms with Gasteiger partial charge in [0, 0.05) is 13.1 Å². The highest BCUT2D eigenvalue weighted by Gasteiger charge is 2.29. The van der Waals surface area contributed by atoms with Crippen LogP contribution < -0.4 is 5.32 Å². The molecule has 1 atom stereocenters. The quantitative estimate of drug-likeness (QED) is 0.907. The van der Waals surface area contributed by atoms with Crippen LogP contribution in [-0.4, -0.2) is 36.6 Å². The van der Waals surface area contributed by atoms with E-state index in [0.717, 1.165) is 12.8 Å². The van der Waals surface area contributed by atoms with Gasteiger partial charge in [0.2, 0.25) is 5.91 Å². The summed E-state index contributed by atoms with van der Waals surface area (Å²) in [5.41, 5.74) is 0.479. The molecule has 120 valence electrons. The number of nitrogens with one attached hydrogen (secondary N) is 1. The van der Waals surface area contributed by atoms with Crippen LogP contribution in [0.15, 0.2) is 18.2 Å². The van der Waals surface area contributed by atoms with Gasteiger partial charge in [0.1, 0.15) is 0 Å². The summed E-state index contributed by atoms with van der Waals surface area (Å²) in [6, 6.07) is 5.07. The molecule has 0 aliphatic carbocycles. The van der Waals surface area contributed by atoms with Crippen molar-refractivity contribution in [2.45, 2.75) is 19.8 Å². The van der Waals surface area contributed by atoms with E-state index in [9.17, 15) is 9.59 Å². The Balaban J connectivity index is 2.00. The molecular weight excluding hydrogens is 327 g/mol. The summed E-state index contributed by atoms with van der Waals surface area (Å²) in [6.07, 6.45) is 1.11. The highest BCUT2D eigenvalue weighted by atomic mass is 35.5. The number of likely N-dealkylation sites (tertiary alicyclic amines) is 1. The number of hydrogen-bond donors (Lipinski definition) is 1. The molecule has 0 spiro atoms. The van der Waals surface area contributed by atoms with Gasteiger partial charge in [0.15, 0.2) is 0 Å². The van der Waals surface area contributed by atoms with E-state index in [1.165, 1.54) is 0 Å². The van der Waals surface area contributed by atoms with Crippen LogP contribution in [-0.2, 0) is 9.53 Å². The van der Waals surface area contributed by atoms with Crippen LogP contribution in [0, 0.1) is 5.92 Å². The number of amides is 2. The first-order valence-corrected chi connectivity index (χ1v) is 7.95. The van der Waals surface area contributed by atoms with E-state index in [2.05, 4.69) is 5.32 Å². The Morgan fingerprint density at radius 2 is 2.18 bits per heavy atom. The van der Waals surface area contributed by atoms with E-state index >= 15 is 0 Å². The third kappa shape index (κ3) is 4.05. The molecule has 2 rings (SSSR count). The fourth-order valence-corrected chi connectivity index (χ4v) is 2.75. The average Bonchev–Trinajstić information content (AvgIpc) is 2.52. The molecule has 22 heavy (non-hydrogen) atoms. The molecule has 7 heteroatoms. The number of halogens is 2. The summed E-state index contributed by atoms with van der Waals surface area (Å²) < 4.78 is 4.98. The Hall–Kier alpha value is -1.46. The highest BCUT2D eigenvalue weighted by molar-refractivity contribution is 6.44. The molecule has 1 aliphatic heterocycles. The minimum absolute atomic E-state index is 0.168. The van der Waals surface area contributed by atoms with Crippen LogP contribution >= 0.6 is 23.2 Å². The maximum Gasteiger partial charge on any atom is 0.409 e. The minimum Gasteiger partial charge on any atom is -0.450 e. The Kier molecular flexibility index (Phi) is 5.91. The van der Waals surface area contributed by atoms with Gasteiger partial charge in [-0.3, -0.25) is 4.79 Å². The van der Waals surface area contributed by atoms with Crippen molar-refractivity contribution in [1.29, 1.82) is 0 Å². The molecule has 1 aliphatic rings. The molecule has 1 aromatic carbocycles. The Morgan fingerprint density at radius 3 is 2.91 bits per heavy atom. The van der Waals surface area contributed by atoms with Crippen LogP contribution in [0.3, 0.4) is 0 Å². The van der Waals surface area contributed by atoms with Crippen molar-refractivity contribution in [3.8, 4) is 0 Å². The second kappa shape index (κ2) is 7.70. The van der Waals surface area contributed by atoms with E-state index in [1.54, 1.807) is 30.0 Å². The van der Waals surface area contributed by atoms with Gasteiger partial charge in [0.05, 0.1) is 28.3 Å². The van der Waals surface area contributed by atoms with Crippen molar-refractivity contribution in [1.82, 2.24) is 4.90 Å². The highest BCUT2D eigenvalue weighted by Crippen LogP contribution is 2.30. The van der Waals surface area contributed by atoms with E-state index in [0.29, 0.717) is 35.4 Å². The zero-order valence-corrected chi connectivity index (χ0v) is 13.8. The molecule has 0 saturated carbocycles. The van der Waals surface area contributed by atoms with E-state index < -0.39 is 0 Å². The third-order valence-corrected chi connectivity index (χ3v) is 4.35. The maximum absolute atomic E-state index is 12.4. The Labute approximate surface area is 139 Å². The van der Waals surface area contributed by atoms with Crippen molar-refractivity contribution < 1.29 is 14.3 Å². The fraction of sp³-hybridized carbons (Fsp3) is 0.467. The smallest absolute Gasteiger partial charge is 0.409 e. The molecule has 1 N–H and O–H groups in total. The van der Waals surface area contributed by atoms with Gasteiger partial charge in [-0.15, -0.1) is 0 Å². The zero-order chi connectivity index (χ0) is 16.1. The van der Waals surface area contributed by atoms with Crippen molar-refractivity contribution in [3.05, 3.63) is 28.2 Å². The minimum atomic E-state index is -0.374. The Morgan fingerprint density at radius 1 is 1.41 bits per heavy atom. The van der Waals surface area contributed by atoms with Crippen LogP contribution in [0.1, 0.15) is 19.8 Å². The van der Waals surface area contributed by atoms with Gasteiger partial charge >= 0.3 is 6.09 Å². The third-order valence-electron chi connectivity index (χ3n) is 3.53. The maximum atomic E-state index is 12.4. The molecule has 2 amide bonds. The number of benzene rings is 1. The Bertz CT molecular complexity index is 566. The van der Waals surface area contributed by atoms with Crippen LogP contribution in [0.25, 0.3) is 0 Å². The van der Waals surface area contributed by atoms with Gasteiger partial charge in [-0.05, 0) is 31.9 Å². The van der Waals surface area contributed by atoms with Crippen molar-refractivity contribution in [2.75, 3.05) is 25.0 Å². The predicted octanol–water partition coefficient (Wildman–Crippen LogP) is 3.80. The lowest BCUT2D eigenvalue weighted by Gasteiger charge is -2.31. The molecule has 0 radical (unpaired) electrons. The number of piperidine rings is 1. The molecule has 0 bridgehead atoms. The van der Waals surface area contributed by atoms with Gasteiger partial charge < -0.3 is 15.0 Å². The van der Waals surface area contributed by atoms with Gasteiger partial charge in [-0.25, -0.2) is 4.79 Å². The van der Waals surface area contributed by atoms with Crippen molar-refractivity contribution in [3.63, 3.8) is 0 Å².